The van der Waals surface area contributed by atoms with Crippen molar-refractivity contribution in [2.24, 2.45) is 0 Å². The Kier molecular flexibility index (Phi) is 6.24. The summed E-state index contributed by atoms with van der Waals surface area (Å²) in [4.78, 5) is 2.04. The summed E-state index contributed by atoms with van der Waals surface area (Å²) in [5.74, 6) is -0.261. The lowest BCUT2D eigenvalue weighted by Gasteiger charge is -2.36. The molecule has 1 heterocycles. The Morgan fingerprint density at radius 2 is 1.61 bits per heavy atom. The predicted molar refractivity (Wildman–Crippen MR) is 70.5 cm³/mol. The molecule has 0 saturated carbocycles. The van der Waals surface area contributed by atoms with Crippen LogP contribution in [0.5, 0.6) is 0 Å². The summed E-state index contributed by atoms with van der Waals surface area (Å²) >= 11 is -2.13. The van der Waals surface area contributed by atoms with E-state index >= 15 is 0 Å². The number of halogens is 1. The second-order valence-electron chi connectivity index (χ2n) is 3.61. The summed E-state index contributed by atoms with van der Waals surface area (Å²) in [6.07, 6.45) is 0. The SMILES string of the molecule is CC.O=S([O-])N1CCN(c2ccc(F)cc2)CC1. The Hall–Kier alpha value is -0.980. The van der Waals surface area contributed by atoms with Gasteiger partial charge in [0.25, 0.3) is 0 Å². The number of piperazine rings is 1. The number of hydrogen-bond donors (Lipinski definition) is 0. The predicted octanol–water partition coefficient (Wildman–Crippen LogP) is 1.77. The van der Waals surface area contributed by atoms with E-state index < -0.39 is 11.3 Å². The van der Waals surface area contributed by atoms with Crippen LogP contribution in [0, 0.1) is 5.82 Å². The normalized spacial score (nSPS) is 17.9. The molecule has 6 heteroatoms. The first kappa shape index (κ1) is 15.1. The molecule has 0 aromatic heterocycles. The highest BCUT2D eigenvalue weighted by atomic mass is 32.2. The van der Waals surface area contributed by atoms with Gasteiger partial charge in [-0.3, -0.25) is 4.21 Å². The minimum atomic E-state index is -2.13. The van der Waals surface area contributed by atoms with Crippen molar-refractivity contribution in [3.05, 3.63) is 30.1 Å². The summed E-state index contributed by atoms with van der Waals surface area (Å²) in [6.45, 7) is 6.24. The molecule has 18 heavy (non-hydrogen) atoms. The molecule has 0 bridgehead atoms. The third kappa shape index (κ3) is 4.04. The van der Waals surface area contributed by atoms with Gasteiger partial charge in [0.2, 0.25) is 0 Å². The fraction of sp³-hybridized carbons (Fsp3) is 0.500. The Morgan fingerprint density at radius 3 is 2.06 bits per heavy atom. The van der Waals surface area contributed by atoms with Crippen molar-refractivity contribution in [3.63, 3.8) is 0 Å². The van der Waals surface area contributed by atoms with Gasteiger partial charge in [0, 0.05) is 43.1 Å². The van der Waals surface area contributed by atoms with Crippen LogP contribution in [0.2, 0.25) is 0 Å². The molecule has 1 unspecified atom stereocenters. The zero-order valence-corrected chi connectivity index (χ0v) is 11.5. The highest BCUT2D eigenvalue weighted by Gasteiger charge is 2.17. The summed E-state index contributed by atoms with van der Waals surface area (Å²) in [6, 6.07) is 6.24. The van der Waals surface area contributed by atoms with E-state index in [0.29, 0.717) is 26.2 Å². The maximum atomic E-state index is 12.7. The molecule has 0 radical (unpaired) electrons. The molecule has 0 amide bonds. The van der Waals surface area contributed by atoms with Crippen LogP contribution in [-0.2, 0) is 11.3 Å². The van der Waals surface area contributed by atoms with Crippen LogP contribution in [0.1, 0.15) is 13.8 Å². The molecule has 1 aliphatic rings. The molecule has 4 nitrogen and oxygen atoms in total. The van der Waals surface area contributed by atoms with Gasteiger partial charge in [0.1, 0.15) is 5.82 Å². The van der Waals surface area contributed by atoms with Crippen molar-refractivity contribution < 1.29 is 13.2 Å². The number of rotatable bonds is 2. The number of nitrogens with zero attached hydrogens (tertiary/aromatic N) is 2. The van der Waals surface area contributed by atoms with Crippen molar-refractivity contribution >= 4 is 17.0 Å². The van der Waals surface area contributed by atoms with E-state index in [1.807, 2.05) is 18.7 Å². The quantitative estimate of drug-likeness (QED) is 0.772. The van der Waals surface area contributed by atoms with Gasteiger partial charge in [-0.25, -0.2) is 8.70 Å². The van der Waals surface area contributed by atoms with Crippen LogP contribution in [0.4, 0.5) is 10.1 Å². The molecule has 0 aliphatic carbocycles. The third-order valence-corrected chi connectivity index (χ3v) is 3.43. The molecule has 1 aromatic carbocycles. The second-order valence-corrected chi connectivity index (χ2v) is 4.56. The molecule has 1 atom stereocenters. The lowest BCUT2D eigenvalue weighted by molar-refractivity contribution is 0.366. The minimum absolute atomic E-state index is 0.261. The number of anilines is 1. The van der Waals surface area contributed by atoms with E-state index in [2.05, 4.69) is 0 Å². The molecule has 2 rings (SSSR count). The van der Waals surface area contributed by atoms with Crippen molar-refractivity contribution in [1.82, 2.24) is 4.31 Å². The zero-order valence-electron chi connectivity index (χ0n) is 10.6. The molecule has 1 aliphatic heterocycles. The average molecular weight is 273 g/mol. The monoisotopic (exact) mass is 273 g/mol. The Morgan fingerprint density at radius 1 is 1.11 bits per heavy atom. The fourth-order valence-electron chi connectivity index (χ4n) is 1.75. The third-order valence-electron chi connectivity index (χ3n) is 2.64. The topological polar surface area (TPSA) is 46.6 Å². The first-order valence-corrected chi connectivity index (χ1v) is 7.05. The Labute approximate surface area is 110 Å². The first-order chi connectivity index (χ1) is 8.66. The van der Waals surface area contributed by atoms with Crippen LogP contribution < -0.4 is 4.90 Å². The van der Waals surface area contributed by atoms with E-state index in [9.17, 15) is 13.2 Å². The first-order valence-electron chi connectivity index (χ1n) is 6.01. The van der Waals surface area contributed by atoms with E-state index in [4.69, 9.17) is 0 Å². The Bertz CT molecular complexity index is 378. The van der Waals surface area contributed by atoms with Gasteiger partial charge in [-0.05, 0) is 24.3 Å². The Balaban J connectivity index is 0.000000771. The molecule has 1 saturated heterocycles. The van der Waals surface area contributed by atoms with Crippen LogP contribution in [0.15, 0.2) is 24.3 Å². The van der Waals surface area contributed by atoms with Crippen LogP contribution in [0.3, 0.4) is 0 Å². The highest BCUT2D eigenvalue weighted by molar-refractivity contribution is 7.76. The van der Waals surface area contributed by atoms with Crippen molar-refractivity contribution in [1.29, 1.82) is 0 Å². The van der Waals surface area contributed by atoms with E-state index in [1.54, 1.807) is 12.1 Å². The van der Waals surface area contributed by atoms with E-state index in [0.717, 1.165) is 5.69 Å². The summed E-state index contributed by atoms with van der Waals surface area (Å²) in [5.41, 5.74) is 0.928. The van der Waals surface area contributed by atoms with E-state index in [1.165, 1.54) is 16.4 Å². The van der Waals surface area contributed by atoms with Gasteiger partial charge in [0.15, 0.2) is 0 Å². The zero-order chi connectivity index (χ0) is 13.5. The summed E-state index contributed by atoms with van der Waals surface area (Å²) in [5, 5.41) is 0. The van der Waals surface area contributed by atoms with Crippen LogP contribution in [-0.4, -0.2) is 39.2 Å². The summed E-state index contributed by atoms with van der Waals surface area (Å²) < 4.78 is 35.5. The van der Waals surface area contributed by atoms with Crippen molar-refractivity contribution in [2.45, 2.75) is 13.8 Å². The van der Waals surface area contributed by atoms with Gasteiger partial charge >= 0.3 is 0 Å². The average Bonchev–Trinajstić information content (AvgIpc) is 2.42. The van der Waals surface area contributed by atoms with Crippen LogP contribution in [0.25, 0.3) is 0 Å². The maximum absolute atomic E-state index is 12.7. The minimum Gasteiger partial charge on any atom is -0.760 e. The second kappa shape index (κ2) is 7.45. The van der Waals surface area contributed by atoms with Gasteiger partial charge < -0.3 is 9.45 Å². The lowest BCUT2D eigenvalue weighted by Crippen LogP contribution is -2.46. The fourth-order valence-corrected chi connectivity index (χ4v) is 2.21. The number of hydrogen-bond acceptors (Lipinski definition) is 3. The molecule has 0 N–H and O–H groups in total. The number of benzene rings is 1. The molecular weight excluding hydrogens is 255 g/mol. The van der Waals surface area contributed by atoms with Crippen molar-refractivity contribution in [2.75, 3.05) is 31.1 Å². The van der Waals surface area contributed by atoms with Gasteiger partial charge in [-0.1, -0.05) is 13.8 Å². The molecule has 1 fully saturated rings. The van der Waals surface area contributed by atoms with Crippen molar-refractivity contribution in [3.8, 4) is 0 Å². The van der Waals surface area contributed by atoms with Gasteiger partial charge in [-0.15, -0.1) is 0 Å². The van der Waals surface area contributed by atoms with E-state index in [-0.39, 0.29) is 5.82 Å². The molecule has 1 aromatic rings. The standard InChI is InChI=1S/C10H13FN2O2S.C2H6/c11-9-1-3-10(4-2-9)12-5-7-13(8-6-12)16(14)15;1-2/h1-4H,5-8H2,(H,14,15);1-2H3/p-1. The maximum Gasteiger partial charge on any atom is 0.123 e. The molecule has 0 spiro atoms. The van der Waals surface area contributed by atoms with Gasteiger partial charge in [0.05, 0.1) is 0 Å². The largest absolute Gasteiger partial charge is 0.760 e. The van der Waals surface area contributed by atoms with Gasteiger partial charge in [-0.2, -0.15) is 0 Å². The lowest BCUT2D eigenvalue weighted by atomic mass is 10.2. The molecular formula is C12H18FN2O2S-. The molecule has 102 valence electrons. The summed E-state index contributed by atoms with van der Waals surface area (Å²) in [7, 11) is 0. The smallest absolute Gasteiger partial charge is 0.123 e. The van der Waals surface area contributed by atoms with Crippen LogP contribution >= 0.6 is 0 Å². The highest BCUT2D eigenvalue weighted by Crippen LogP contribution is 2.16.